The number of carbonyl (C=O) groups is 1. The maximum Gasteiger partial charge on any atom is 0.310 e. The smallest absolute Gasteiger partial charge is 0.310 e. The molecule has 0 aliphatic carbocycles. The Kier molecular flexibility index (Phi) is 5.45. The number of methoxy groups -OCH3 is 1. The first-order valence-corrected chi connectivity index (χ1v) is 7.59. The number of esters is 1. The summed E-state index contributed by atoms with van der Waals surface area (Å²) in [5, 5.41) is 3.06. The number of hydrogen-bond donors (Lipinski definition) is 1. The predicted octanol–water partition coefficient (Wildman–Crippen LogP) is 4.52. The molecule has 1 aromatic carbocycles. The summed E-state index contributed by atoms with van der Waals surface area (Å²) in [6.45, 7) is 0.532. The molecule has 0 fully saturated rings. The zero-order valence-corrected chi connectivity index (χ0v) is 13.4. The molecule has 1 heterocycles. The third-order valence-electron chi connectivity index (χ3n) is 2.71. The maximum atomic E-state index is 13.3. The van der Waals surface area contributed by atoms with Crippen molar-refractivity contribution in [2.24, 2.45) is 0 Å². The van der Waals surface area contributed by atoms with Crippen LogP contribution in [0.2, 0.25) is 10.0 Å². The Morgan fingerprint density at radius 1 is 1.29 bits per heavy atom. The Labute approximate surface area is 135 Å². The molecule has 0 saturated heterocycles. The van der Waals surface area contributed by atoms with E-state index in [0.717, 1.165) is 9.75 Å². The molecular formula is C14H12Cl2FNO2S. The van der Waals surface area contributed by atoms with Gasteiger partial charge in [0.2, 0.25) is 0 Å². The van der Waals surface area contributed by atoms with Gasteiger partial charge in [-0.2, -0.15) is 0 Å². The van der Waals surface area contributed by atoms with Crippen LogP contribution >= 0.6 is 34.5 Å². The third-order valence-corrected chi connectivity index (χ3v) is 4.35. The average molecular weight is 348 g/mol. The summed E-state index contributed by atoms with van der Waals surface area (Å²) < 4.78 is 17.9. The van der Waals surface area contributed by atoms with Crippen molar-refractivity contribution in [1.82, 2.24) is 0 Å². The van der Waals surface area contributed by atoms with Gasteiger partial charge < -0.3 is 10.1 Å². The normalized spacial score (nSPS) is 10.5. The van der Waals surface area contributed by atoms with E-state index >= 15 is 0 Å². The van der Waals surface area contributed by atoms with Gasteiger partial charge in [0.05, 0.1) is 23.6 Å². The van der Waals surface area contributed by atoms with E-state index in [0.29, 0.717) is 12.2 Å². The van der Waals surface area contributed by atoms with Gasteiger partial charge in [-0.1, -0.05) is 23.2 Å². The number of halogens is 3. The molecule has 0 unspecified atom stereocenters. The van der Waals surface area contributed by atoms with Crippen molar-refractivity contribution in [3.8, 4) is 0 Å². The van der Waals surface area contributed by atoms with E-state index in [1.807, 2.05) is 12.1 Å². The van der Waals surface area contributed by atoms with Crippen LogP contribution in [0.3, 0.4) is 0 Å². The van der Waals surface area contributed by atoms with Crippen molar-refractivity contribution in [2.75, 3.05) is 12.4 Å². The Morgan fingerprint density at radius 2 is 1.90 bits per heavy atom. The first-order valence-electron chi connectivity index (χ1n) is 6.02. The monoisotopic (exact) mass is 347 g/mol. The highest BCUT2D eigenvalue weighted by molar-refractivity contribution is 7.12. The molecule has 0 saturated carbocycles. The van der Waals surface area contributed by atoms with E-state index in [2.05, 4.69) is 10.1 Å². The summed E-state index contributed by atoms with van der Waals surface area (Å²) in [7, 11) is 1.36. The summed E-state index contributed by atoms with van der Waals surface area (Å²) in [5.41, 5.74) is 0.634. The molecule has 0 aliphatic heterocycles. The summed E-state index contributed by atoms with van der Waals surface area (Å²) >= 11 is 13.0. The highest BCUT2D eigenvalue weighted by atomic mass is 35.5. The zero-order valence-electron chi connectivity index (χ0n) is 11.1. The molecule has 2 rings (SSSR count). The van der Waals surface area contributed by atoms with Crippen LogP contribution in [0.5, 0.6) is 0 Å². The lowest BCUT2D eigenvalue weighted by Gasteiger charge is -2.07. The number of hydrogen-bond acceptors (Lipinski definition) is 4. The van der Waals surface area contributed by atoms with Gasteiger partial charge in [0, 0.05) is 22.0 Å². The number of benzene rings is 1. The quantitative estimate of drug-likeness (QED) is 0.638. The Bertz CT molecular complexity index is 637. The van der Waals surface area contributed by atoms with Crippen LogP contribution in [0.4, 0.5) is 10.1 Å². The van der Waals surface area contributed by atoms with Crippen molar-refractivity contribution in [3.63, 3.8) is 0 Å². The molecule has 0 spiro atoms. The third kappa shape index (κ3) is 4.33. The number of anilines is 1. The van der Waals surface area contributed by atoms with Crippen LogP contribution < -0.4 is 5.32 Å². The average Bonchev–Trinajstić information content (AvgIpc) is 2.89. The summed E-state index contributed by atoms with van der Waals surface area (Å²) in [5.74, 6) is -0.895. The van der Waals surface area contributed by atoms with E-state index in [-0.39, 0.29) is 22.4 Å². The second-order valence-corrected chi connectivity index (χ2v) is 6.30. The molecule has 0 aliphatic rings. The highest BCUT2D eigenvalue weighted by Gasteiger charge is 2.09. The Hall–Kier alpha value is -1.30. The van der Waals surface area contributed by atoms with Crippen LogP contribution in [-0.4, -0.2) is 13.1 Å². The molecule has 0 amide bonds. The van der Waals surface area contributed by atoms with Gasteiger partial charge >= 0.3 is 5.97 Å². The standard InChI is InChI=1S/C14H12Cl2FNO2S/c1-20-13(19)6-9-2-3-10(21-9)7-18-8-4-11(15)14(17)12(16)5-8/h2-5,18H,6-7H2,1H3. The number of rotatable bonds is 5. The second-order valence-electron chi connectivity index (χ2n) is 4.23. The fourth-order valence-electron chi connectivity index (χ4n) is 1.67. The van der Waals surface area contributed by atoms with Crippen LogP contribution in [0, 0.1) is 5.82 Å². The van der Waals surface area contributed by atoms with E-state index in [4.69, 9.17) is 23.2 Å². The number of carbonyl (C=O) groups excluding carboxylic acids is 1. The lowest BCUT2D eigenvalue weighted by atomic mass is 10.3. The molecular weight excluding hydrogens is 336 g/mol. The number of thiophene rings is 1. The SMILES string of the molecule is COC(=O)Cc1ccc(CNc2cc(Cl)c(F)c(Cl)c2)s1. The minimum absolute atomic E-state index is 0.0254. The van der Waals surface area contributed by atoms with E-state index < -0.39 is 5.82 Å². The molecule has 2 aromatic rings. The lowest BCUT2D eigenvalue weighted by molar-refractivity contribution is -0.139. The lowest BCUT2D eigenvalue weighted by Crippen LogP contribution is -2.02. The molecule has 0 bridgehead atoms. The van der Waals surface area contributed by atoms with Crippen LogP contribution in [0.15, 0.2) is 24.3 Å². The summed E-state index contributed by atoms with van der Waals surface area (Å²) in [4.78, 5) is 13.1. The number of ether oxygens (including phenoxy) is 1. The largest absolute Gasteiger partial charge is 0.469 e. The van der Waals surface area contributed by atoms with E-state index in [1.165, 1.54) is 30.6 Å². The minimum Gasteiger partial charge on any atom is -0.469 e. The van der Waals surface area contributed by atoms with Gasteiger partial charge in [0.1, 0.15) is 0 Å². The predicted molar refractivity (Wildman–Crippen MR) is 83.8 cm³/mol. The zero-order chi connectivity index (χ0) is 15.4. The van der Waals surface area contributed by atoms with Crippen LogP contribution in [-0.2, 0) is 22.5 Å². The van der Waals surface area contributed by atoms with Crippen LogP contribution in [0.1, 0.15) is 9.75 Å². The van der Waals surface area contributed by atoms with Gasteiger partial charge in [-0.15, -0.1) is 11.3 Å². The van der Waals surface area contributed by atoms with Gasteiger partial charge in [0.15, 0.2) is 5.82 Å². The fourth-order valence-corrected chi connectivity index (χ4v) is 3.10. The Morgan fingerprint density at radius 3 is 2.52 bits per heavy atom. The maximum absolute atomic E-state index is 13.3. The first kappa shape index (κ1) is 16.1. The molecule has 1 aromatic heterocycles. The summed E-state index contributed by atoms with van der Waals surface area (Å²) in [6, 6.07) is 6.75. The molecule has 1 N–H and O–H groups in total. The van der Waals surface area contributed by atoms with E-state index in [9.17, 15) is 9.18 Å². The van der Waals surface area contributed by atoms with Gasteiger partial charge in [-0.3, -0.25) is 4.79 Å². The van der Waals surface area contributed by atoms with Gasteiger partial charge in [-0.25, -0.2) is 4.39 Å². The first-order chi connectivity index (χ1) is 9.99. The van der Waals surface area contributed by atoms with Crippen molar-refractivity contribution >= 4 is 46.2 Å². The molecule has 21 heavy (non-hydrogen) atoms. The topological polar surface area (TPSA) is 38.3 Å². The highest BCUT2D eigenvalue weighted by Crippen LogP contribution is 2.28. The second kappa shape index (κ2) is 7.11. The molecule has 0 radical (unpaired) electrons. The summed E-state index contributed by atoms with van der Waals surface area (Å²) in [6.07, 6.45) is 0.259. The van der Waals surface area contributed by atoms with Gasteiger partial charge in [0.25, 0.3) is 0 Å². The minimum atomic E-state index is -0.625. The molecule has 0 atom stereocenters. The van der Waals surface area contributed by atoms with Crippen molar-refractivity contribution in [2.45, 2.75) is 13.0 Å². The van der Waals surface area contributed by atoms with Gasteiger partial charge in [-0.05, 0) is 24.3 Å². The fraction of sp³-hybridized carbons (Fsp3) is 0.214. The molecule has 112 valence electrons. The molecule has 3 nitrogen and oxygen atoms in total. The van der Waals surface area contributed by atoms with Crippen LogP contribution in [0.25, 0.3) is 0 Å². The van der Waals surface area contributed by atoms with Crippen molar-refractivity contribution in [3.05, 3.63) is 49.9 Å². The van der Waals surface area contributed by atoms with Crippen molar-refractivity contribution < 1.29 is 13.9 Å². The Balaban J connectivity index is 1.99. The molecule has 7 heteroatoms. The van der Waals surface area contributed by atoms with Crippen molar-refractivity contribution in [1.29, 1.82) is 0 Å². The number of nitrogens with one attached hydrogen (secondary N) is 1. The van der Waals surface area contributed by atoms with E-state index in [1.54, 1.807) is 0 Å².